The van der Waals surface area contributed by atoms with E-state index in [0.717, 1.165) is 22.7 Å². The predicted molar refractivity (Wildman–Crippen MR) is 127 cm³/mol. The molecule has 8 nitrogen and oxygen atoms in total. The van der Waals surface area contributed by atoms with Crippen molar-refractivity contribution in [1.82, 2.24) is 19.6 Å². The molecule has 0 aliphatic heterocycles. The normalized spacial score (nSPS) is 12.9. The summed E-state index contributed by atoms with van der Waals surface area (Å²) >= 11 is 2.09. The lowest BCUT2D eigenvalue weighted by atomic mass is 9.95. The van der Waals surface area contributed by atoms with Gasteiger partial charge in [0.15, 0.2) is 5.78 Å². The maximum atomic E-state index is 13.1. The summed E-state index contributed by atoms with van der Waals surface area (Å²) in [7, 11) is 11.1. The second-order valence-electron chi connectivity index (χ2n) is 8.43. The monoisotopic (exact) mass is 476 g/mol. The molecule has 0 atom stereocenters. The van der Waals surface area contributed by atoms with Crippen LogP contribution >= 0.6 is 22.7 Å². The minimum atomic E-state index is -0.313. The SMILES string of the molecule is CN(C)CCN(C)C(=O)c1cc2c(s1)C(=O)c1sc(C(=O)N(C)CCN(C)C)cc1C2=O. The zero-order chi connectivity index (χ0) is 23.7. The van der Waals surface area contributed by atoms with E-state index in [-0.39, 0.29) is 44.3 Å². The van der Waals surface area contributed by atoms with Crippen molar-refractivity contribution in [2.75, 3.05) is 68.5 Å². The highest BCUT2D eigenvalue weighted by atomic mass is 32.1. The number of carbonyl (C=O) groups is 4. The van der Waals surface area contributed by atoms with Crippen molar-refractivity contribution in [1.29, 1.82) is 0 Å². The fraction of sp³-hybridized carbons (Fsp3) is 0.455. The van der Waals surface area contributed by atoms with Crippen molar-refractivity contribution in [2.24, 2.45) is 0 Å². The van der Waals surface area contributed by atoms with Gasteiger partial charge in [-0.25, -0.2) is 0 Å². The lowest BCUT2D eigenvalue weighted by Gasteiger charge is -2.18. The summed E-state index contributed by atoms with van der Waals surface area (Å²) < 4.78 is 0. The van der Waals surface area contributed by atoms with Gasteiger partial charge in [-0.2, -0.15) is 0 Å². The van der Waals surface area contributed by atoms with Gasteiger partial charge >= 0.3 is 0 Å². The summed E-state index contributed by atoms with van der Waals surface area (Å²) in [6.07, 6.45) is 0. The molecule has 32 heavy (non-hydrogen) atoms. The molecule has 1 aliphatic rings. The van der Waals surface area contributed by atoms with Gasteiger partial charge in [-0.05, 0) is 40.3 Å². The third-order valence-electron chi connectivity index (χ3n) is 5.25. The molecule has 0 fully saturated rings. The minimum absolute atomic E-state index is 0.214. The molecule has 2 heterocycles. The minimum Gasteiger partial charge on any atom is -0.340 e. The Morgan fingerprint density at radius 1 is 0.656 bits per heavy atom. The van der Waals surface area contributed by atoms with Gasteiger partial charge in [0.1, 0.15) is 0 Å². The maximum absolute atomic E-state index is 13.1. The molecule has 3 rings (SSSR count). The van der Waals surface area contributed by atoms with Crippen LogP contribution in [0.3, 0.4) is 0 Å². The van der Waals surface area contributed by atoms with Crippen molar-refractivity contribution in [3.63, 3.8) is 0 Å². The van der Waals surface area contributed by atoms with Crippen molar-refractivity contribution in [3.05, 3.63) is 42.8 Å². The Balaban J connectivity index is 1.83. The first-order chi connectivity index (χ1) is 15.0. The van der Waals surface area contributed by atoms with Crippen LogP contribution in [0.5, 0.6) is 0 Å². The van der Waals surface area contributed by atoms with Crippen molar-refractivity contribution < 1.29 is 19.2 Å². The Bertz CT molecular complexity index is 939. The van der Waals surface area contributed by atoms with Crippen molar-refractivity contribution >= 4 is 46.1 Å². The maximum Gasteiger partial charge on any atom is 0.263 e. The number of ketones is 2. The van der Waals surface area contributed by atoms with Gasteiger partial charge in [-0.15, -0.1) is 22.7 Å². The Labute approximate surface area is 196 Å². The van der Waals surface area contributed by atoms with E-state index in [1.165, 1.54) is 12.1 Å². The van der Waals surface area contributed by atoms with E-state index in [1.807, 2.05) is 38.0 Å². The standard InChI is InChI=1S/C22H28N4O4S2/c1-23(2)7-9-25(5)21(29)15-11-13-17(27)14-12-16(22(30)26(6)10-8-24(3)4)32-20(14)18(28)19(13)31-15/h11-12H,7-10H2,1-6H3. The average Bonchev–Trinajstić information content (AvgIpc) is 3.38. The van der Waals surface area contributed by atoms with Crippen LogP contribution in [0.1, 0.15) is 49.8 Å². The molecular formula is C22H28N4O4S2. The van der Waals surface area contributed by atoms with Gasteiger partial charge in [0.05, 0.1) is 19.5 Å². The summed E-state index contributed by atoms with van der Waals surface area (Å²) in [5.41, 5.74) is 0.490. The van der Waals surface area contributed by atoms with E-state index >= 15 is 0 Å². The van der Waals surface area contributed by atoms with Gasteiger partial charge < -0.3 is 19.6 Å². The molecule has 1 aliphatic carbocycles. The highest BCUT2D eigenvalue weighted by Gasteiger charge is 2.36. The topological polar surface area (TPSA) is 81.2 Å². The molecule has 2 amide bonds. The quantitative estimate of drug-likeness (QED) is 0.494. The Morgan fingerprint density at radius 3 is 1.38 bits per heavy atom. The van der Waals surface area contributed by atoms with Crippen LogP contribution in [0, 0.1) is 0 Å². The highest BCUT2D eigenvalue weighted by Crippen LogP contribution is 2.37. The van der Waals surface area contributed by atoms with E-state index in [4.69, 9.17) is 0 Å². The molecule has 0 spiro atoms. The number of amides is 2. The predicted octanol–water partition coefficient (Wildman–Crippen LogP) is 1.85. The first-order valence-electron chi connectivity index (χ1n) is 10.2. The molecule has 0 radical (unpaired) electrons. The van der Waals surface area contributed by atoms with Gasteiger partial charge in [-0.1, -0.05) is 0 Å². The van der Waals surface area contributed by atoms with Crippen LogP contribution in [0.15, 0.2) is 12.1 Å². The first kappa shape index (κ1) is 24.2. The van der Waals surface area contributed by atoms with E-state index < -0.39 is 0 Å². The average molecular weight is 477 g/mol. The summed E-state index contributed by atoms with van der Waals surface area (Å²) in [6.45, 7) is 2.50. The van der Waals surface area contributed by atoms with Crippen molar-refractivity contribution in [2.45, 2.75) is 0 Å². The third kappa shape index (κ3) is 4.83. The van der Waals surface area contributed by atoms with E-state index in [0.29, 0.717) is 35.9 Å². The summed E-state index contributed by atoms with van der Waals surface area (Å²) in [5, 5.41) is 0. The van der Waals surface area contributed by atoms with E-state index in [1.54, 1.807) is 23.9 Å². The van der Waals surface area contributed by atoms with Crippen LogP contribution < -0.4 is 0 Å². The van der Waals surface area contributed by atoms with Crippen LogP contribution in [0.4, 0.5) is 0 Å². The third-order valence-corrected chi connectivity index (χ3v) is 7.49. The number of rotatable bonds is 8. The smallest absolute Gasteiger partial charge is 0.263 e. The van der Waals surface area contributed by atoms with Gasteiger partial charge in [-0.3, -0.25) is 19.2 Å². The molecule has 2 aromatic rings. The fourth-order valence-corrected chi connectivity index (χ4v) is 5.45. The largest absolute Gasteiger partial charge is 0.340 e. The lowest BCUT2D eigenvalue weighted by molar-refractivity contribution is 0.0783. The molecule has 0 unspecified atom stereocenters. The molecule has 2 aromatic heterocycles. The Kier molecular flexibility index (Phi) is 7.29. The van der Waals surface area contributed by atoms with Crippen LogP contribution in [0.25, 0.3) is 0 Å². The first-order valence-corrected chi connectivity index (χ1v) is 11.8. The Morgan fingerprint density at radius 2 is 1.03 bits per heavy atom. The molecule has 172 valence electrons. The zero-order valence-corrected chi connectivity index (χ0v) is 20.9. The Hall–Kier alpha value is -2.40. The highest BCUT2D eigenvalue weighted by molar-refractivity contribution is 7.20. The van der Waals surface area contributed by atoms with E-state index in [2.05, 4.69) is 0 Å². The number of likely N-dealkylation sites (N-methyl/N-ethyl adjacent to an activating group) is 4. The fourth-order valence-electron chi connectivity index (χ4n) is 3.20. The molecular weight excluding hydrogens is 448 g/mol. The van der Waals surface area contributed by atoms with Gasteiger partial charge in [0, 0.05) is 51.4 Å². The number of fused-ring (bicyclic) bond motifs is 2. The number of carbonyl (C=O) groups excluding carboxylic acids is 4. The molecule has 0 N–H and O–H groups in total. The number of hydrogen-bond donors (Lipinski definition) is 0. The molecule has 0 bridgehead atoms. The molecule has 0 aromatic carbocycles. The molecule has 0 saturated carbocycles. The molecule has 0 saturated heterocycles. The summed E-state index contributed by atoms with van der Waals surface area (Å²) in [4.78, 5) is 60.1. The van der Waals surface area contributed by atoms with Crippen LogP contribution in [-0.2, 0) is 0 Å². The second kappa shape index (κ2) is 9.62. The number of hydrogen-bond acceptors (Lipinski definition) is 8. The van der Waals surface area contributed by atoms with Crippen LogP contribution in [-0.4, -0.2) is 111 Å². The van der Waals surface area contributed by atoms with Gasteiger partial charge in [0.25, 0.3) is 11.8 Å². The van der Waals surface area contributed by atoms with Crippen molar-refractivity contribution in [3.8, 4) is 0 Å². The van der Waals surface area contributed by atoms with Gasteiger partial charge in [0.2, 0.25) is 5.78 Å². The lowest BCUT2D eigenvalue weighted by Crippen LogP contribution is -2.33. The summed E-state index contributed by atoms with van der Waals surface area (Å²) in [5.74, 6) is -1.04. The number of thiophene rings is 2. The van der Waals surface area contributed by atoms with Crippen LogP contribution in [0.2, 0.25) is 0 Å². The molecule has 10 heteroatoms. The number of nitrogens with zero attached hydrogens (tertiary/aromatic N) is 4. The second-order valence-corrected chi connectivity index (χ2v) is 10.5. The zero-order valence-electron chi connectivity index (χ0n) is 19.2. The van der Waals surface area contributed by atoms with E-state index in [9.17, 15) is 19.2 Å². The summed E-state index contributed by atoms with van der Waals surface area (Å²) in [6, 6.07) is 3.03.